The lowest BCUT2D eigenvalue weighted by molar-refractivity contribution is -0.137. The number of ether oxygens (including phenoxy) is 2. The number of hydrogen-bond acceptors (Lipinski definition) is 8. The Morgan fingerprint density at radius 1 is 1.14 bits per heavy atom. The van der Waals surface area contributed by atoms with Crippen molar-refractivity contribution in [1.82, 2.24) is 19.4 Å². The third-order valence-electron chi connectivity index (χ3n) is 8.52. The Morgan fingerprint density at radius 3 is 2.45 bits per heavy atom. The highest BCUT2D eigenvalue weighted by Gasteiger charge is 2.32. The second-order valence-electron chi connectivity index (χ2n) is 12.9. The van der Waals surface area contributed by atoms with E-state index in [1.807, 2.05) is 13.8 Å². The van der Waals surface area contributed by atoms with Gasteiger partial charge in [0.2, 0.25) is 0 Å². The maximum Gasteiger partial charge on any atom is 0.416 e. The summed E-state index contributed by atoms with van der Waals surface area (Å²) < 4.78 is 81.5. The predicted molar refractivity (Wildman–Crippen MR) is 184 cm³/mol. The van der Waals surface area contributed by atoms with Gasteiger partial charge in [-0.25, -0.2) is 9.78 Å². The average Bonchev–Trinajstić information content (AvgIpc) is 3.53. The normalized spacial score (nSPS) is 20.1. The number of likely N-dealkylation sites (N-methyl/N-ethyl adjacent to an activating group) is 1. The minimum atomic E-state index is -4.51. The first kappa shape index (κ1) is 39.4. The highest BCUT2D eigenvalue weighted by molar-refractivity contribution is 7.92. The lowest BCUT2D eigenvalue weighted by Crippen LogP contribution is -2.48. The van der Waals surface area contributed by atoms with Crippen molar-refractivity contribution in [1.29, 1.82) is 0 Å². The molecule has 3 amide bonds. The van der Waals surface area contributed by atoms with E-state index in [0.29, 0.717) is 19.4 Å². The quantitative estimate of drug-likeness (QED) is 0.285. The molecule has 0 fully saturated rings. The van der Waals surface area contributed by atoms with E-state index < -0.39 is 45.8 Å². The molecule has 280 valence electrons. The van der Waals surface area contributed by atoms with Crippen molar-refractivity contribution in [3.8, 4) is 5.75 Å². The van der Waals surface area contributed by atoms with E-state index in [1.54, 1.807) is 14.0 Å². The van der Waals surface area contributed by atoms with Crippen molar-refractivity contribution in [3.05, 3.63) is 66.1 Å². The Morgan fingerprint density at radius 2 is 1.82 bits per heavy atom. The molecule has 3 N–H and O–H groups in total. The van der Waals surface area contributed by atoms with Crippen molar-refractivity contribution in [2.45, 2.75) is 69.5 Å². The number of amides is 3. The molecule has 3 aromatic rings. The first-order valence-corrected chi connectivity index (χ1v) is 18.0. The van der Waals surface area contributed by atoms with E-state index in [2.05, 4.69) is 15.0 Å². The van der Waals surface area contributed by atoms with Gasteiger partial charge in [0.1, 0.15) is 5.75 Å². The van der Waals surface area contributed by atoms with Crippen LogP contribution in [-0.4, -0.2) is 96.4 Å². The minimum Gasteiger partial charge on any atom is -0.490 e. The van der Waals surface area contributed by atoms with Crippen LogP contribution in [0.1, 0.15) is 56.0 Å². The summed E-state index contributed by atoms with van der Waals surface area (Å²) >= 11 is 0. The number of sulfonamides is 1. The largest absolute Gasteiger partial charge is 0.490 e. The zero-order chi connectivity index (χ0) is 37.5. The summed E-state index contributed by atoms with van der Waals surface area (Å²) in [4.78, 5) is 34.1. The Balaban J connectivity index is 1.59. The van der Waals surface area contributed by atoms with Crippen LogP contribution in [0.25, 0.3) is 0 Å². The van der Waals surface area contributed by atoms with E-state index >= 15 is 0 Å². The Hall–Kier alpha value is -4.35. The number of benzene rings is 2. The predicted octanol–water partition coefficient (Wildman–Crippen LogP) is 5.20. The second kappa shape index (κ2) is 16.8. The zero-order valence-corrected chi connectivity index (χ0v) is 30.0. The summed E-state index contributed by atoms with van der Waals surface area (Å²) in [6.07, 6.45) is -0.673. The van der Waals surface area contributed by atoms with Crippen LogP contribution >= 0.6 is 0 Å². The smallest absolute Gasteiger partial charge is 0.416 e. The van der Waals surface area contributed by atoms with Gasteiger partial charge in [0, 0.05) is 57.3 Å². The minimum absolute atomic E-state index is 0.0816. The van der Waals surface area contributed by atoms with E-state index in [9.17, 15) is 36.3 Å². The number of alkyl halides is 3. The van der Waals surface area contributed by atoms with Crippen molar-refractivity contribution >= 4 is 33.3 Å². The van der Waals surface area contributed by atoms with Crippen LogP contribution in [0, 0.1) is 5.92 Å². The van der Waals surface area contributed by atoms with Gasteiger partial charge in [0.15, 0.2) is 5.03 Å². The third-order valence-corrected chi connectivity index (χ3v) is 9.79. The number of imidazole rings is 1. The van der Waals surface area contributed by atoms with Gasteiger partial charge < -0.3 is 34.3 Å². The summed E-state index contributed by atoms with van der Waals surface area (Å²) in [6, 6.07) is 7.30. The molecule has 1 aromatic heterocycles. The van der Waals surface area contributed by atoms with Crippen molar-refractivity contribution in [2.75, 3.05) is 43.4 Å². The second-order valence-corrected chi connectivity index (χ2v) is 14.5. The molecule has 0 saturated carbocycles. The maximum atomic E-state index is 14.3. The molecule has 1 aliphatic heterocycles. The standard InChI is InChI=1S/C34H45F3N6O7S/c1-22-17-43(23(2)20-44)32(45)28-16-27(40-51(47,48)31-19-41(4)21-38-31)13-14-29(28)50-24(3)8-6-7-15-49-30(22)18-42(5)33(46)39-26-11-9-25(10-12-26)34(35,36)37/h9-14,16,19,21-24,30,40,44H,6-8,15,17-18,20H2,1-5H3,(H,39,46)/t22-,23+,24+,30-/m1/s1. The molecule has 0 saturated heterocycles. The van der Waals surface area contributed by atoms with Gasteiger partial charge in [-0.05, 0) is 75.6 Å². The van der Waals surface area contributed by atoms with E-state index in [1.165, 1.54) is 64.3 Å². The number of aliphatic hydroxyl groups is 1. The Labute approximate surface area is 295 Å². The first-order chi connectivity index (χ1) is 24.0. The lowest BCUT2D eigenvalue weighted by atomic mass is 10.0. The number of urea groups is 1. The maximum absolute atomic E-state index is 14.3. The number of aryl methyl sites for hydroxylation is 1. The molecule has 0 unspecified atom stereocenters. The molecule has 0 spiro atoms. The van der Waals surface area contributed by atoms with E-state index in [-0.39, 0.29) is 59.4 Å². The van der Waals surface area contributed by atoms with Crippen LogP contribution in [-0.2, 0) is 28.0 Å². The van der Waals surface area contributed by atoms with Crippen molar-refractivity contribution in [3.63, 3.8) is 0 Å². The van der Waals surface area contributed by atoms with Gasteiger partial charge in [-0.15, -0.1) is 0 Å². The molecule has 51 heavy (non-hydrogen) atoms. The van der Waals surface area contributed by atoms with Gasteiger partial charge in [0.05, 0.1) is 42.3 Å². The van der Waals surface area contributed by atoms with Crippen molar-refractivity contribution < 1.29 is 45.8 Å². The summed E-state index contributed by atoms with van der Waals surface area (Å²) in [6.45, 7) is 5.52. The van der Waals surface area contributed by atoms with Gasteiger partial charge in [0.25, 0.3) is 15.9 Å². The van der Waals surface area contributed by atoms with Crippen LogP contribution in [0.3, 0.4) is 0 Å². The number of rotatable bonds is 8. The fraction of sp³-hybridized carbons (Fsp3) is 0.500. The molecule has 2 heterocycles. The Bertz CT molecular complexity index is 1750. The first-order valence-electron chi connectivity index (χ1n) is 16.5. The molecule has 4 rings (SSSR count). The number of halogens is 3. The number of aliphatic hydroxyl groups excluding tert-OH is 1. The number of anilines is 2. The number of nitrogens with one attached hydrogen (secondary N) is 2. The van der Waals surface area contributed by atoms with E-state index in [0.717, 1.165) is 18.6 Å². The summed E-state index contributed by atoms with van der Waals surface area (Å²) in [7, 11) is -0.912. The number of fused-ring (bicyclic) bond motifs is 1. The van der Waals surface area contributed by atoms with Gasteiger partial charge >= 0.3 is 12.2 Å². The average molecular weight is 739 g/mol. The molecule has 13 nitrogen and oxygen atoms in total. The summed E-state index contributed by atoms with van der Waals surface area (Å²) in [5.74, 6) is -0.657. The Kier molecular flexibility index (Phi) is 13.0. The summed E-state index contributed by atoms with van der Waals surface area (Å²) in [5, 5.41) is 12.6. The van der Waals surface area contributed by atoms with E-state index in [4.69, 9.17) is 9.47 Å². The number of carbonyl (C=O) groups excluding carboxylic acids is 2. The molecule has 0 radical (unpaired) electrons. The number of carbonyl (C=O) groups is 2. The van der Waals surface area contributed by atoms with Crippen LogP contribution in [0.15, 0.2) is 60.0 Å². The molecular formula is C34H45F3N6O7S. The number of nitrogens with zero attached hydrogens (tertiary/aromatic N) is 4. The molecular weight excluding hydrogens is 693 g/mol. The molecule has 4 atom stereocenters. The zero-order valence-electron chi connectivity index (χ0n) is 29.2. The monoisotopic (exact) mass is 738 g/mol. The fourth-order valence-corrected chi connectivity index (χ4v) is 6.53. The third kappa shape index (κ3) is 10.6. The van der Waals surface area contributed by atoms with Crippen LogP contribution in [0.5, 0.6) is 5.75 Å². The summed E-state index contributed by atoms with van der Waals surface area (Å²) in [5.41, 5.74) is -0.461. The van der Waals surface area contributed by atoms with Crippen LogP contribution < -0.4 is 14.8 Å². The van der Waals surface area contributed by atoms with Crippen molar-refractivity contribution in [2.24, 2.45) is 13.0 Å². The fourth-order valence-electron chi connectivity index (χ4n) is 5.50. The van der Waals surface area contributed by atoms with Gasteiger partial charge in [-0.2, -0.15) is 21.6 Å². The van der Waals surface area contributed by atoms with Gasteiger partial charge in [-0.1, -0.05) is 6.92 Å². The van der Waals surface area contributed by atoms with Gasteiger partial charge in [-0.3, -0.25) is 9.52 Å². The topological polar surface area (TPSA) is 155 Å². The number of hydrogen-bond donors (Lipinski definition) is 3. The van der Waals surface area contributed by atoms with Crippen LogP contribution in [0.2, 0.25) is 0 Å². The van der Waals surface area contributed by atoms with Crippen LogP contribution in [0.4, 0.5) is 29.3 Å². The molecule has 0 aliphatic carbocycles. The molecule has 2 aromatic carbocycles. The highest BCUT2D eigenvalue weighted by Crippen LogP contribution is 2.31. The SMILES string of the molecule is C[C@@H]1CN([C@@H](C)CO)C(=O)c2cc(NS(=O)(=O)c3cn(C)cn3)ccc2O[C@@H](C)CCCCO[C@@H]1CN(C)C(=O)Nc1ccc(C(F)(F)F)cc1. The lowest BCUT2D eigenvalue weighted by Gasteiger charge is -2.35. The number of aromatic nitrogens is 2. The molecule has 0 bridgehead atoms. The molecule has 17 heteroatoms. The highest BCUT2D eigenvalue weighted by atomic mass is 32.2. The molecule has 1 aliphatic rings.